The maximum absolute atomic E-state index is 9.41. The quantitative estimate of drug-likeness (QED) is 0.605. The Kier molecular flexibility index (Phi) is 9.83. The van der Waals surface area contributed by atoms with Crippen molar-refractivity contribution in [3.05, 3.63) is 66.0 Å². The molecule has 174 valence electrons. The van der Waals surface area contributed by atoms with E-state index in [1.165, 1.54) is 31.2 Å². The van der Waals surface area contributed by atoms with Gasteiger partial charge in [0.25, 0.3) is 0 Å². The van der Waals surface area contributed by atoms with E-state index in [1.54, 1.807) is 19.6 Å². The molecule has 0 atom stereocenters. The van der Waals surface area contributed by atoms with Crippen molar-refractivity contribution in [1.29, 1.82) is 0 Å². The van der Waals surface area contributed by atoms with Gasteiger partial charge in [0.1, 0.15) is 12.0 Å². The molecule has 1 saturated carbocycles. The van der Waals surface area contributed by atoms with E-state index in [2.05, 4.69) is 40.2 Å². The van der Waals surface area contributed by atoms with Crippen LogP contribution in [0.5, 0.6) is 5.88 Å². The predicted molar refractivity (Wildman–Crippen MR) is 124 cm³/mol. The van der Waals surface area contributed by atoms with Crippen molar-refractivity contribution < 1.29 is 22.7 Å². The molecular formula is C23H31N3O5S. The normalized spacial score (nSPS) is 13.5. The Morgan fingerprint density at radius 1 is 1.22 bits per heavy atom. The number of aryl methyl sites for hydroxylation is 1. The molecule has 0 radical (unpaired) electrons. The summed E-state index contributed by atoms with van der Waals surface area (Å²) in [7, 11) is -1.53. The lowest BCUT2D eigenvalue weighted by molar-refractivity contribution is 0.276. The van der Waals surface area contributed by atoms with Crippen molar-refractivity contribution in [1.82, 2.24) is 9.97 Å². The van der Waals surface area contributed by atoms with Crippen LogP contribution in [0.3, 0.4) is 0 Å². The molecule has 9 heteroatoms. The third-order valence-corrected chi connectivity index (χ3v) is 4.73. The van der Waals surface area contributed by atoms with Gasteiger partial charge in [-0.2, -0.15) is 0 Å². The van der Waals surface area contributed by atoms with Crippen LogP contribution in [0.1, 0.15) is 48.7 Å². The minimum absolute atomic E-state index is 0.0176. The van der Waals surface area contributed by atoms with Crippen molar-refractivity contribution in [3.8, 4) is 17.0 Å². The molecule has 8 nitrogen and oxygen atoms in total. The number of benzene rings is 1. The Bertz CT molecular complexity index is 1070. The third-order valence-electron chi connectivity index (χ3n) is 4.73. The van der Waals surface area contributed by atoms with Gasteiger partial charge in [0.15, 0.2) is 5.89 Å². The van der Waals surface area contributed by atoms with Gasteiger partial charge in [-0.1, -0.05) is 42.7 Å². The molecule has 32 heavy (non-hydrogen) atoms. The summed E-state index contributed by atoms with van der Waals surface area (Å²) in [5.41, 5.74) is 4.05. The highest BCUT2D eigenvalue weighted by molar-refractivity contribution is 7.88. The van der Waals surface area contributed by atoms with Gasteiger partial charge in [-0.25, -0.2) is 23.5 Å². The van der Waals surface area contributed by atoms with Gasteiger partial charge in [-0.05, 0) is 37.5 Å². The fraction of sp³-hybridized carbons (Fsp3) is 0.391. The van der Waals surface area contributed by atoms with E-state index < -0.39 is 10.0 Å². The molecule has 2 aromatic heterocycles. The summed E-state index contributed by atoms with van der Waals surface area (Å²) in [4.78, 5) is 8.38. The second-order valence-electron chi connectivity index (χ2n) is 7.58. The highest BCUT2D eigenvalue weighted by Gasteiger charge is 2.21. The number of rotatable bonds is 4. The van der Waals surface area contributed by atoms with Crippen LogP contribution < -0.4 is 9.88 Å². The molecule has 0 saturated heterocycles. The number of aliphatic hydroxyl groups excluding tert-OH is 1. The Hall–Kier alpha value is -2.75. The minimum atomic E-state index is -3.17. The maximum atomic E-state index is 9.41. The van der Waals surface area contributed by atoms with Gasteiger partial charge in [0.2, 0.25) is 15.9 Å². The third kappa shape index (κ3) is 8.78. The SMILES string of the molecule is COc1ncccc1-c1cccc(C)c1.CS(N)(=O)=O.OCc1coc(C2CCCC2)n1. The fourth-order valence-corrected chi connectivity index (χ4v) is 3.34. The van der Waals surface area contributed by atoms with Gasteiger partial charge < -0.3 is 14.3 Å². The Morgan fingerprint density at radius 3 is 2.47 bits per heavy atom. The van der Waals surface area contributed by atoms with Crippen molar-refractivity contribution in [3.63, 3.8) is 0 Å². The number of aromatic nitrogens is 2. The number of nitrogens with two attached hydrogens (primary N) is 1. The summed E-state index contributed by atoms with van der Waals surface area (Å²) in [5, 5.41) is 13.1. The zero-order valence-electron chi connectivity index (χ0n) is 18.7. The molecule has 1 fully saturated rings. The van der Waals surface area contributed by atoms with Crippen molar-refractivity contribution in [2.75, 3.05) is 13.4 Å². The van der Waals surface area contributed by atoms with Gasteiger partial charge >= 0.3 is 0 Å². The van der Waals surface area contributed by atoms with Crippen LogP contribution in [0, 0.1) is 6.92 Å². The number of aliphatic hydroxyl groups is 1. The Balaban J connectivity index is 0.000000191. The summed E-state index contributed by atoms with van der Waals surface area (Å²) >= 11 is 0. The second-order valence-corrected chi connectivity index (χ2v) is 9.23. The van der Waals surface area contributed by atoms with Crippen LogP contribution >= 0.6 is 0 Å². The minimum Gasteiger partial charge on any atom is -0.481 e. The number of primary sulfonamides is 1. The zero-order chi connectivity index (χ0) is 23.6. The fourth-order valence-electron chi connectivity index (χ4n) is 3.34. The first kappa shape index (κ1) is 25.5. The van der Waals surface area contributed by atoms with Crippen LogP contribution in [-0.2, 0) is 16.6 Å². The number of pyridine rings is 1. The van der Waals surface area contributed by atoms with Crippen LogP contribution in [0.4, 0.5) is 0 Å². The number of oxazole rings is 1. The molecule has 0 unspecified atom stereocenters. The van der Waals surface area contributed by atoms with E-state index in [0.717, 1.165) is 23.3 Å². The van der Waals surface area contributed by atoms with Crippen molar-refractivity contribution >= 4 is 10.0 Å². The number of methoxy groups -OCH3 is 1. The number of ether oxygens (including phenoxy) is 1. The number of hydrogen-bond donors (Lipinski definition) is 2. The monoisotopic (exact) mass is 461 g/mol. The average molecular weight is 462 g/mol. The topological polar surface area (TPSA) is 129 Å². The predicted octanol–water partition coefficient (Wildman–Crippen LogP) is 3.79. The lowest BCUT2D eigenvalue weighted by Crippen LogP contribution is -2.07. The van der Waals surface area contributed by atoms with Crippen LogP contribution in [0.2, 0.25) is 0 Å². The van der Waals surface area contributed by atoms with E-state index in [4.69, 9.17) is 14.3 Å². The van der Waals surface area contributed by atoms with E-state index in [0.29, 0.717) is 17.5 Å². The Labute approximate surface area is 189 Å². The lowest BCUT2D eigenvalue weighted by atomic mass is 10.1. The van der Waals surface area contributed by atoms with Crippen molar-refractivity contribution in [2.24, 2.45) is 5.14 Å². The zero-order valence-corrected chi connectivity index (χ0v) is 19.5. The lowest BCUT2D eigenvalue weighted by Gasteiger charge is -2.07. The maximum Gasteiger partial charge on any atom is 0.221 e. The molecule has 0 spiro atoms. The van der Waals surface area contributed by atoms with Crippen LogP contribution in [-0.4, -0.2) is 36.9 Å². The van der Waals surface area contributed by atoms with Gasteiger partial charge in [0, 0.05) is 17.7 Å². The largest absolute Gasteiger partial charge is 0.481 e. The molecule has 1 aromatic carbocycles. The van der Waals surface area contributed by atoms with Crippen LogP contribution in [0.25, 0.3) is 11.1 Å². The summed E-state index contributed by atoms with van der Waals surface area (Å²) < 4.78 is 29.3. The highest BCUT2D eigenvalue weighted by Crippen LogP contribution is 2.33. The van der Waals surface area contributed by atoms with E-state index in [1.807, 2.05) is 18.2 Å². The Morgan fingerprint density at radius 2 is 1.91 bits per heavy atom. The summed E-state index contributed by atoms with van der Waals surface area (Å²) in [6.45, 7) is 2.06. The second kappa shape index (κ2) is 12.3. The van der Waals surface area contributed by atoms with E-state index in [9.17, 15) is 8.42 Å². The standard InChI is InChI=1S/C13H13NO.C9H13NO2.CH5NO2S/c1-10-5-3-6-11(9-10)12-7-4-8-14-13(12)15-2;11-5-8-6-12-9(10-8)7-3-1-2-4-7;1-5(2,3)4/h3-9H,1-2H3;6-7,11H,1-5H2;1H3,(H2,2,3,4). The number of hydrogen-bond acceptors (Lipinski definition) is 7. The number of sulfonamides is 1. The van der Waals surface area contributed by atoms with Gasteiger partial charge in [0.05, 0.1) is 20.0 Å². The van der Waals surface area contributed by atoms with Crippen molar-refractivity contribution in [2.45, 2.75) is 45.1 Å². The van der Waals surface area contributed by atoms with Gasteiger partial charge in [-0.3, -0.25) is 0 Å². The molecule has 0 bridgehead atoms. The molecule has 3 aromatic rings. The van der Waals surface area contributed by atoms with E-state index in [-0.39, 0.29) is 6.61 Å². The molecular weight excluding hydrogens is 430 g/mol. The molecule has 1 aliphatic carbocycles. The first-order valence-corrected chi connectivity index (χ1v) is 12.3. The smallest absolute Gasteiger partial charge is 0.221 e. The molecule has 0 amide bonds. The molecule has 2 heterocycles. The summed E-state index contributed by atoms with van der Waals surface area (Å²) in [5.74, 6) is 1.99. The first-order chi connectivity index (χ1) is 15.2. The van der Waals surface area contributed by atoms with E-state index >= 15 is 0 Å². The van der Waals surface area contributed by atoms with Gasteiger partial charge in [-0.15, -0.1) is 0 Å². The number of nitrogens with zero attached hydrogens (tertiary/aromatic N) is 2. The average Bonchev–Trinajstić information content (AvgIpc) is 3.44. The first-order valence-electron chi connectivity index (χ1n) is 10.3. The molecule has 0 aliphatic heterocycles. The summed E-state index contributed by atoms with van der Waals surface area (Å²) in [6.07, 6.45) is 9.15. The molecule has 1 aliphatic rings. The highest BCUT2D eigenvalue weighted by atomic mass is 32.2. The summed E-state index contributed by atoms with van der Waals surface area (Å²) in [6, 6.07) is 12.2. The molecule has 3 N–H and O–H groups in total. The molecule has 4 rings (SSSR count). The van der Waals surface area contributed by atoms with Crippen LogP contribution in [0.15, 0.2) is 53.3 Å².